The Morgan fingerprint density at radius 1 is 1.32 bits per heavy atom. The van der Waals surface area contributed by atoms with Crippen molar-refractivity contribution in [3.05, 3.63) is 56.2 Å². The summed E-state index contributed by atoms with van der Waals surface area (Å²) in [5.41, 5.74) is 7.09. The Morgan fingerprint density at radius 3 is 2.71 bits per heavy atom. The van der Waals surface area contributed by atoms with Gasteiger partial charge in [-0.15, -0.1) is 35.3 Å². The quantitative estimate of drug-likeness (QED) is 0.308. The highest BCUT2D eigenvalue weighted by Gasteiger charge is 2.23. The van der Waals surface area contributed by atoms with Gasteiger partial charge in [-0.25, -0.2) is 0 Å². The van der Waals surface area contributed by atoms with Gasteiger partial charge in [0, 0.05) is 28.0 Å². The van der Waals surface area contributed by atoms with Gasteiger partial charge in [-0.05, 0) is 36.1 Å². The predicted octanol–water partition coefficient (Wildman–Crippen LogP) is 4.71. The average Bonchev–Trinajstić information content (AvgIpc) is 3.17. The van der Waals surface area contributed by atoms with Crippen LogP contribution in [0.3, 0.4) is 0 Å². The number of aliphatic imine (C=N–C) groups is 1. The van der Waals surface area contributed by atoms with Gasteiger partial charge in [0.25, 0.3) is 0 Å². The van der Waals surface area contributed by atoms with E-state index in [1.54, 1.807) is 17.4 Å². The molecule has 3 rings (SSSR count). The molecule has 0 saturated carbocycles. The smallest absolute Gasteiger partial charge is 0.189 e. The van der Waals surface area contributed by atoms with Crippen molar-refractivity contribution in [1.29, 1.82) is 0 Å². The van der Waals surface area contributed by atoms with E-state index in [1.807, 2.05) is 19.1 Å². The monoisotopic (exact) mass is 554 g/mol. The van der Waals surface area contributed by atoms with E-state index in [2.05, 4.69) is 32.7 Å². The van der Waals surface area contributed by atoms with Crippen molar-refractivity contribution in [2.45, 2.75) is 19.0 Å². The first-order valence-corrected chi connectivity index (χ1v) is 10.5. The summed E-state index contributed by atoms with van der Waals surface area (Å²) >= 11 is 14.0. The zero-order chi connectivity index (χ0) is 19.2. The van der Waals surface area contributed by atoms with Crippen LogP contribution in [0.25, 0.3) is 0 Å². The van der Waals surface area contributed by atoms with Gasteiger partial charge in [0.2, 0.25) is 0 Å². The lowest BCUT2D eigenvalue weighted by molar-refractivity contribution is 0.0187. The molecule has 2 atom stereocenters. The Labute approximate surface area is 197 Å². The molecule has 1 aliphatic rings. The van der Waals surface area contributed by atoms with Crippen LogP contribution in [-0.4, -0.2) is 43.7 Å². The van der Waals surface area contributed by atoms with E-state index >= 15 is 0 Å². The van der Waals surface area contributed by atoms with Crippen LogP contribution in [0.2, 0.25) is 10.0 Å². The highest BCUT2D eigenvalue weighted by atomic mass is 127. The number of halogens is 3. The van der Waals surface area contributed by atoms with Crippen molar-refractivity contribution in [2.75, 3.05) is 32.8 Å². The third-order valence-electron chi connectivity index (χ3n) is 4.59. The molecule has 0 amide bonds. The fourth-order valence-electron chi connectivity index (χ4n) is 3.14. The van der Waals surface area contributed by atoms with Crippen molar-refractivity contribution < 1.29 is 4.74 Å². The van der Waals surface area contributed by atoms with Crippen LogP contribution in [0.15, 0.2) is 40.7 Å². The minimum Gasteiger partial charge on any atom is -0.379 e. The van der Waals surface area contributed by atoms with Gasteiger partial charge in [0.15, 0.2) is 5.96 Å². The van der Waals surface area contributed by atoms with Crippen LogP contribution < -0.4 is 11.1 Å². The third kappa shape index (κ3) is 6.47. The van der Waals surface area contributed by atoms with Crippen molar-refractivity contribution in [3.63, 3.8) is 0 Å². The second-order valence-electron chi connectivity index (χ2n) is 6.44. The molecule has 5 nitrogen and oxygen atoms in total. The van der Waals surface area contributed by atoms with Crippen LogP contribution in [0, 0.1) is 0 Å². The molecule has 1 aliphatic heterocycles. The van der Waals surface area contributed by atoms with Gasteiger partial charge in [0.1, 0.15) is 0 Å². The first kappa shape index (κ1) is 23.7. The summed E-state index contributed by atoms with van der Waals surface area (Å²) < 4.78 is 5.48. The molecule has 1 aromatic heterocycles. The van der Waals surface area contributed by atoms with E-state index < -0.39 is 0 Å². The van der Waals surface area contributed by atoms with E-state index in [4.69, 9.17) is 33.7 Å². The fraction of sp³-hybridized carbons (Fsp3) is 0.421. The number of morpholine rings is 1. The lowest BCUT2D eigenvalue weighted by Gasteiger charge is -2.33. The predicted molar refractivity (Wildman–Crippen MR) is 129 cm³/mol. The van der Waals surface area contributed by atoms with Gasteiger partial charge >= 0.3 is 0 Å². The summed E-state index contributed by atoms with van der Waals surface area (Å²) in [5.74, 6) is 0.406. The lowest BCUT2D eigenvalue weighted by Crippen LogP contribution is -2.41. The normalized spacial score (nSPS) is 17.6. The number of hydrogen-bond acceptors (Lipinski definition) is 4. The van der Waals surface area contributed by atoms with Crippen LogP contribution in [-0.2, 0) is 4.74 Å². The first-order chi connectivity index (χ1) is 13.0. The maximum absolute atomic E-state index is 6.28. The number of nitrogens with two attached hydrogens (primary N) is 1. The molecule has 28 heavy (non-hydrogen) atoms. The molecule has 3 N–H and O–H groups in total. The molecule has 1 saturated heterocycles. The molecule has 2 unspecified atom stereocenters. The number of thiophene rings is 1. The number of rotatable bonds is 6. The average molecular weight is 555 g/mol. The van der Waals surface area contributed by atoms with E-state index in [0.29, 0.717) is 22.5 Å². The fourth-order valence-corrected chi connectivity index (χ4v) is 4.56. The summed E-state index contributed by atoms with van der Waals surface area (Å²) in [6.07, 6.45) is 0. The van der Waals surface area contributed by atoms with Gasteiger partial charge in [-0.3, -0.25) is 9.89 Å². The number of ether oxygens (including phenoxy) is 1. The van der Waals surface area contributed by atoms with E-state index in [1.165, 1.54) is 4.88 Å². The van der Waals surface area contributed by atoms with E-state index in [-0.39, 0.29) is 36.1 Å². The van der Waals surface area contributed by atoms with Crippen molar-refractivity contribution in [1.82, 2.24) is 10.2 Å². The number of nitrogens with zero attached hydrogens (tertiary/aromatic N) is 2. The molecule has 1 aromatic carbocycles. The molecule has 0 spiro atoms. The first-order valence-electron chi connectivity index (χ1n) is 8.91. The standard InChI is InChI=1S/C19H24Cl2N4OS.HI/c1-13(15-5-4-14(20)11-16(15)21)24-19(22)23-12-17(18-3-2-10-27-18)25-6-8-26-9-7-25;/h2-5,10-11,13,17H,6-9,12H2,1H3,(H3,22,23,24);1H. The minimum absolute atomic E-state index is 0. The maximum Gasteiger partial charge on any atom is 0.189 e. The van der Waals surface area contributed by atoms with Gasteiger partial charge in [-0.2, -0.15) is 0 Å². The lowest BCUT2D eigenvalue weighted by atomic mass is 10.1. The summed E-state index contributed by atoms with van der Waals surface area (Å²) in [5, 5.41) is 6.54. The number of guanidine groups is 1. The summed E-state index contributed by atoms with van der Waals surface area (Å²) in [6.45, 7) is 5.91. The van der Waals surface area contributed by atoms with Crippen molar-refractivity contribution in [2.24, 2.45) is 10.7 Å². The van der Waals surface area contributed by atoms with Crippen molar-refractivity contribution >= 4 is 64.5 Å². The maximum atomic E-state index is 6.28. The van der Waals surface area contributed by atoms with Crippen LogP contribution in [0.1, 0.15) is 29.4 Å². The summed E-state index contributed by atoms with van der Waals surface area (Å²) in [4.78, 5) is 8.31. The topological polar surface area (TPSA) is 62.9 Å². The van der Waals surface area contributed by atoms with Crippen molar-refractivity contribution in [3.8, 4) is 0 Å². The van der Waals surface area contributed by atoms with Gasteiger partial charge in [-0.1, -0.05) is 35.3 Å². The molecule has 0 aliphatic carbocycles. The van der Waals surface area contributed by atoms with E-state index in [0.717, 1.165) is 31.9 Å². The Bertz CT molecular complexity index is 769. The SMILES string of the molecule is CC(NC(N)=NCC(c1cccs1)N1CCOCC1)c1ccc(Cl)cc1Cl.I. The number of benzene rings is 1. The molecule has 1 fully saturated rings. The largest absolute Gasteiger partial charge is 0.379 e. The Morgan fingerprint density at radius 2 is 2.07 bits per heavy atom. The highest BCUT2D eigenvalue weighted by molar-refractivity contribution is 14.0. The molecule has 154 valence electrons. The second kappa shape index (κ2) is 11.6. The molecule has 2 aromatic rings. The Hall–Kier alpha value is -0.580. The molecule has 2 heterocycles. The molecule has 0 radical (unpaired) electrons. The minimum atomic E-state index is -0.0675. The molecule has 9 heteroatoms. The van der Waals surface area contributed by atoms with Crippen LogP contribution in [0.4, 0.5) is 0 Å². The van der Waals surface area contributed by atoms with Crippen LogP contribution in [0.5, 0.6) is 0 Å². The third-order valence-corrected chi connectivity index (χ3v) is 6.12. The number of nitrogens with one attached hydrogen (secondary N) is 1. The second-order valence-corrected chi connectivity index (χ2v) is 8.26. The summed E-state index contributed by atoms with van der Waals surface area (Å²) in [6, 6.07) is 9.82. The molecular weight excluding hydrogens is 530 g/mol. The summed E-state index contributed by atoms with van der Waals surface area (Å²) in [7, 11) is 0. The number of hydrogen-bond donors (Lipinski definition) is 2. The Kier molecular flexibility index (Phi) is 9.79. The zero-order valence-corrected chi connectivity index (χ0v) is 20.3. The van der Waals surface area contributed by atoms with Gasteiger partial charge in [0.05, 0.1) is 31.8 Å². The Balaban J connectivity index is 0.00000280. The molecular formula is C19H25Cl2IN4OS. The van der Waals surface area contributed by atoms with Gasteiger partial charge < -0.3 is 15.8 Å². The van der Waals surface area contributed by atoms with Crippen LogP contribution >= 0.6 is 58.5 Å². The zero-order valence-electron chi connectivity index (χ0n) is 15.6. The molecule has 0 bridgehead atoms. The highest BCUT2D eigenvalue weighted by Crippen LogP contribution is 2.27. The van der Waals surface area contributed by atoms with E-state index in [9.17, 15) is 0 Å².